The quantitative estimate of drug-likeness (QED) is 0.671. The summed E-state index contributed by atoms with van der Waals surface area (Å²) in [4.78, 5) is 11.0. The maximum absolute atomic E-state index is 11.0. The lowest BCUT2D eigenvalue weighted by Gasteiger charge is -2.37. The maximum atomic E-state index is 11.0. The van der Waals surface area contributed by atoms with E-state index in [4.69, 9.17) is 5.11 Å². The van der Waals surface area contributed by atoms with Gasteiger partial charge in [0.1, 0.15) is 0 Å². The van der Waals surface area contributed by atoms with Crippen LogP contribution in [-0.2, 0) is 4.79 Å². The summed E-state index contributed by atoms with van der Waals surface area (Å²) in [7, 11) is 0. The van der Waals surface area contributed by atoms with Gasteiger partial charge < -0.3 is 5.11 Å². The van der Waals surface area contributed by atoms with Gasteiger partial charge in [-0.2, -0.15) is 0 Å². The molecule has 1 rings (SSSR count). The van der Waals surface area contributed by atoms with Gasteiger partial charge in [-0.15, -0.1) is 0 Å². The molecule has 1 unspecified atom stereocenters. The van der Waals surface area contributed by atoms with Crippen LogP contribution < -0.4 is 0 Å². The second-order valence-electron chi connectivity index (χ2n) is 5.62. The Morgan fingerprint density at radius 2 is 1.93 bits per heavy atom. The zero-order valence-electron chi connectivity index (χ0n) is 10.3. The van der Waals surface area contributed by atoms with Crippen molar-refractivity contribution in [1.82, 2.24) is 0 Å². The molecule has 0 aromatic heterocycles. The van der Waals surface area contributed by atoms with Gasteiger partial charge in [-0.1, -0.05) is 32.8 Å². The molecule has 0 aliphatic heterocycles. The van der Waals surface area contributed by atoms with Crippen molar-refractivity contribution in [2.45, 2.75) is 53.4 Å². The number of carboxylic acid groups (broad SMARTS) is 1. The average molecular weight is 210 g/mol. The molecule has 0 heterocycles. The molecular weight excluding hydrogens is 188 g/mol. The summed E-state index contributed by atoms with van der Waals surface area (Å²) in [6, 6.07) is 0. The van der Waals surface area contributed by atoms with Crippen molar-refractivity contribution in [2.24, 2.45) is 11.3 Å². The van der Waals surface area contributed by atoms with E-state index in [0.717, 1.165) is 19.3 Å². The summed E-state index contributed by atoms with van der Waals surface area (Å²) in [5.41, 5.74) is 1.95. The van der Waals surface area contributed by atoms with Crippen molar-refractivity contribution in [3.8, 4) is 0 Å². The molecule has 1 saturated carbocycles. The molecule has 2 heteroatoms. The molecule has 1 aliphatic rings. The molecule has 0 aromatic rings. The third-order valence-electron chi connectivity index (χ3n) is 3.46. The smallest absolute Gasteiger partial charge is 0.331 e. The largest absolute Gasteiger partial charge is 0.478 e. The van der Waals surface area contributed by atoms with E-state index in [1.54, 1.807) is 6.92 Å². The van der Waals surface area contributed by atoms with Crippen LogP contribution in [0.4, 0.5) is 0 Å². The first-order chi connectivity index (χ1) is 6.84. The fourth-order valence-corrected chi connectivity index (χ4v) is 2.55. The van der Waals surface area contributed by atoms with Crippen molar-refractivity contribution < 1.29 is 9.90 Å². The van der Waals surface area contributed by atoms with Crippen LogP contribution in [0.1, 0.15) is 53.4 Å². The van der Waals surface area contributed by atoms with E-state index >= 15 is 0 Å². The van der Waals surface area contributed by atoms with Crippen molar-refractivity contribution >= 4 is 5.97 Å². The molecule has 0 saturated heterocycles. The predicted molar refractivity (Wildman–Crippen MR) is 61.7 cm³/mol. The summed E-state index contributed by atoms with van der Waals surface area (Å²) in [5.74, 6) is -0.302. The zero-order valence-corrected chi connectivity index (χ0v) is 10.3. The first-order valence-electron chi connectivity index (χ1n) is 5.77. The highest BCUT2D eigenvalue weighted by atomic mass is 16.4. The standard InChI is InChI=1S/C13H22O2/c1-9(12(14)15)10-7-5-6-8-11(10)13(2,3)4/h11H,5-8H2,1-4H3,(H,14,15). The van der Waals surface area contributed by atoms with E-state index in [-0.39, 0.29) is 5.41 Å². The van der Waals surface area contributed by atoms with E-state index in [9.17, 15) is 4.79 Å². The molecule has 0 bridgehead atoms. The number of carboxylic acids is 1. The van der Waals surface area contributed by atoms with Crippen LogP contribution in [0.5, 0.6) is 0 Å². The van der Waals surface area contributed by atoms with Gasteiger partial charge in [0.15, 0.2) is 0 Å². The Balaban J connectivity index is 3.03. The number of allylic oxidation sites excluding steroid dienone is 1. The van der Waals surface area contributed by atoms with E-state index in [2.05, 4.69) is 20.8 Å². The van der Waals surface area contributed by atoms with Crippen molar-refractivity contribution in [3.05, 3.63) is 11.1 Å². The normalized spacial score (nSPS) is 26.3. The Morgan fingerprint density at radius 3 is 2.40 bits per heavy atom. The summed E-state index contributed by atoms with van der Waals surface area (Å²) < 4.78 is 0. The SMILES string of the molecule is CC(C(=O)O)=C1CCCCC1C(C)(C)C. The molecule has 2 nitrogen and oxygen atoms in total. The molecule has 1 atom stereocenters. The molecule has 0 amide bonds. The summed E-state index contributed by atoms with van der Waals surface area (Å²) in [6.45, 7) is 8.37. The van der Waals surface area contributed by atoms with Crippen LogP contribution in [0.3, 0.4) is 0 Å². The van der Waals surface area contributed by atoms with Gasteiger partial charge in [-0.25, -0.2) is 4.79 Å². The third-order valence-corrected chi connectivity index (χ3v) is 3.46. The van der Waals surface area contributed by atoms with Gasteiger partial charge in [0.2, 0.25) is 0 Å². The fourth-order valence-electron chi connectivity index (χ4n) is 2.55. The van der Waals surface area contributed by atoms with E-state index in [1.807, 2.05) is 0 Å². The molecule has 0 spiro atoms. The van der Waals surface area contributed by atoms with Crippen LogP contribution in [-0.4, -0.2) is 11.1 Å². The molecule has 1 N–H and O–H groups in total. The average Bonchev–Trinajstić information content (AvgIpc) is 2.15. The van der Waals surface area contributed by atoms with Gasteiger partial charge in [0, 0.05) is 5.57 Å². The van der Waals surface area contributed by atoms with E-state index < -0.39 is 5.97 Å². The van der Waals surface area contributed by atoms with Crippen molar-refractivity contribution in [2.75, 3.05) is 0 Å². The fraction of sp³-hybridized carbons (Fsp3) is 0.769. The van der Waals surface area contributed by atoms with Gasteiger partial charge in [-0.3, -0.25) is 0 Å². The van der Waals surface area contributed by atoms with Gasteiger partial charge in [-0.05, 0) is 37.5 Å². The maximum Gasteiger partial charge on any atom is 0.331 e. The first kappa shape index (κ1) is 12.3. The Kier molecular flexibility index (Phi) is 3.58. The lowest BCUT2D eigenvalue weighted by atomic mass is 9.68. The Labute approximate surface area is 92.4 Å². The molecule has 1 aliphatic carbocycles. The van der Waals surface area contributed by atoms with Gasteiger partial charge in [0.05, 0.1) is 0 Å². The minimum atomic E-state index is -0.749. The van der Waals surface area contributed by atoms with Crippen LogP contribution in [0.25, 0.3) is 0 Å². The second kappa shape index (κ2) is 4.38. The monoisotopic (exact) mass is 210 g/mol. The first-order valence-corrected chi connectivity index (χ1v) is 5.77. The topological polar surface area (TPSA) is 37.3 Å². The number of hydrogen-bond acceptors (Lipinski definition) is 1. The predicted octanol–water partition coefficient (Wildman–Crippen LogP) is 3.62. The highest BCUT2D eigenvalue weighted by molar-refractivity contribution is 5.86. The number of aliphatic carboxylic acids is 1. The third kappa shape index (κ3) is 2.83. The van der Waals surface area contributed by atoms with Crippen LogP contribution in [0, 0.1) is 11.3 Å². The van der Waals surface area contributed by atoms with Gasteiger partial charge >= 0.3 is 5.97 Å². The lowest BCUT2D eigenvalue weighted by molar-refractivity contribution is -0.132. The summed E-state index contributed by atoms with van der Waals surface area (Å²) >= 11 is 0. The van der Waals surface area contributed by atoms with E-state index in [0.29, 0.717) is 11.5 Å². The Bertz CT molecular complexity index is 281. The summed E-state index contributed by atoms with van der Waals surface area (Å²) in [6.07, 6.45) is 4.49. The number of hydrogen-bond donors (Lipinski definition) is 1. The highest BCUT2D eigenvalue weighted by Crippen LogP contribution is 2.42. The number of rotatable bonds is 1. The van der Waals surface area contributed by atoms with Crippen molar-refractivity contribution in [3.63, 3.8) is 0 Å². The summed E-state index contributed by atoms with van der Waals surface area (Å²) in [5, 5.41) is 9.06. The van der Waals surface area contributed by atoms with Crippen LogP contribution in [0.2, 0.25) is 0 Å². The number of carbonyl (C=O) groups is 1. The van der Waals surface area contributed by atoms with Crippen LogP contribution in [0.15, 0.2) is 11.1 Å². The molecule has 0 radical (unpaired) electrons. The molecule has 15 heavy (non-hydrogen) atoms. The van der Waals surface area contributed by atoms with Crippen LogP contribution >= 0.6 is 0 Å². The van der Waals surface area contributed by atoms with E-state index in [1.165, 1.54) is 12.0 Å². The molecule has 1 fully saturated rings. The Hall–Kier alpha value is -0.790. The molecular formula is C13H22O2. The highest BCUT2D eigenvalue weighted by Gasteiger charge is 2.31. The molecule has 0 aromatic carbocycles. The molecule has 86 valence electrons. The lowest BCUT2D eigenvalue weighted by Crippen LogP contribution is -2.26. The Morgan fingerprint density at radius 1 is 1.33 bits per heavy atom. The second-order valence-corrected chi connectivity index (χ2v) is 5.62. The minimum absolute atomic E-state index is 0.187. The van der Waals surface area contributed by atoms with Gasteiger partial charge in [0.25, 0.3) is 0 Å². The minimum Gasteiger partial charge on any atom is -0.478 e. The van der Waals surface area contributed by atoms with Crippen molar-refractivity contribution in [1.29, 1.82) is 0 Å². The zero-order chi connectivity index (χ0) is 11.6.